The maximum Gasteiger partial charge on any atom is 0.187 e. The van der Waals surface area contributed by atoms with Crippen LogP contribution in [-0.2, 0) is 5.41 Å². The SMILES string of the molecule is CC(C)(C)c1nc(-c2ccc(Oc3ccccc3)cc2)c2c(N)[nH]nc2n1. The fourth-order valence-corrected chi connectivity index (χ4v) is 2.80. The van der Waals surface area contributed by atoms with Crippen molar-refractivity contribution in [1.29, 1.82) is 0 Å². The Kier molecular flexibility index (Phi) is 4.03. The van der Waals surface area contributed by atoms with Gasteiger partial charge in [-0.15, -0.1) is 0 Å². The summed E-state index contributed by atoms with van der Waals surface area (Å²) in [6, 6.07) is 17.5. The highest BCUT2D eigenvalue weighted by Gasteiger charge is 2.22. The Morgan fingerprint density at radius 3 is 2.22 bits per heavy atom. The van der Waals surface area contributed by atoms with Crippen molar-refractivity contribution in [2.45, 2.75) is 26.2 Å². The first-order chi connectivity index (χ1) is 12.9. The van der Waals surface area contributed by atoms with Crippen LogP contribution in [0.3, 0.4) is 0 Å². The van der Waals surface area contributed by atoms with Crippen molar-refractivity contribution in [3.05, 3.63) is 60.4 Å². The zero-order valence-electron chi connectivity index (χ0n) is 15.5. The van der Waals surface area contributed by atoms with Crippen LogP contribution in [0.1, 0.15) is 26.6 Å². The Hall–Kier alpha value is -3.41. The van der Waals surface area contributed by atoms with E-state index < -0.39 is 0 Å². The Balaban J connectivity index is 1.76. The molecule has 0 atom stereocenters. The monoisotopic (exact) mass is 359 g/mol. The molecule has 3 N–H and O–H groups in total. The zero-order valence-corrected chi connectivity index (χ0v) is 15.5. The van der Waals surface area contributed by atoms with Crippen LogP contribution in [-0.4, -0.2) is 20.2 Å². The largest absolute Gasteiger partial charge is 0.457 e. The molecule has 2 heterocycles. The Morgan fingerprint density at radius 2 is 1.56 bits per heavy atom. The van der Waals surface area contributed by atoms with E-state index in [4.69, 9.17) is 15.5 Å². The number of nitrogens with two attached hydrogens (primary N) is 1. The quantitative estimate of drug-likeness (QED) is 0.554. The lowest BCUT2D eigenvalue weighted by molar-refractivity contribution is 0.483. The summed E-state index contributed by atoms with van der Waals surface area (Å²) in [5.74, 6) is 2.74. The van der Waals surface area contributed by atoms with Gasteiger partial charge in [0.15, 0.2) is 5.65 Å². The molecule has 27 heavy (non-hydrogen) atoms. The Labute approximate surface area is 157 Å². The molecule has 2 aromatic heterocycles. The fraction of sp³-hybridized carbons (Fsp3) is 0.190. The van der Waals surface area contributed by atoms with Crippen molar-refractivity contribution in [3.8, 4) is 22.8 Å². The van der Waals surface area contributed by atoms with Crippen LogP contribution in [0, 0.1) is 0 Å². The molecule has 0 aliphatic rings. The summed E-state index contributed by atoms with van der Waals surface area (Å²) in [5.41, 5.74) is 8.16. The minimum Gasteiger partial charge on any atom is -0.457 e. The number of para-hydroxylation sites is 1. The second-order valence-corrected chi connectivity index (χ2v) is 7.42. The molecule has 0 saturated carbocycles. The van der Waals surface area contributed by atoms with Gasteiger partial charge in [0.25, 0.3) is 0 Å². The van der Waals surface area contributed by atoms with E-state index in [9.17, 15) is 0 Å². The first-order valence-electron chi connectivity index (χ1n) is 8.77. The molecule has 0 spiro atoms. The standard InChI is InChI=1S/C21H21N5O/c1-21(2,3)20-23-17(16-18(22)25-26-19(16)24-20)13-9-11-15(12-10-13)27-14-7-5-4-6-8-14/h4-12H,1-3H3,(H3,22,23,24,25,26). The van der Waals surface area contributed by atoms with E-state index in [-0.39, 0.29) is 5.41 Å². The number of fused-ring (bicyclic) bond motifs is 1. The van der Waals surface area contributed by atoms with Gasteiger partial charge in [-0.2, -0.15) is 5.10 Å². The van der Waals surface area contributed by atoms with Crippen LogP contribution in [0.5, 0.6) is 11.5 Å². The maximum atomic E-state index is 6.08. The Bertz CT molecular complexity index is 1080. The molecule has 0 aliphatic carbocycles. The molecule has 0 radical (unpaired) electrons. The van der Waals surface area contributed by atoms with Crippen molar-refractivity contribution in [1.82, 2.24) is 20.2 Å². The summed E-state index contributed by atoms with van der Waals surface area (Å²) in [4.78, 5) is 9.37. The Morgan fingerprint density at radius 1 is 0.889 bits per heavy atom. The van der Waals surface area contributed by atoms with Crippen molar-refractivity contribution in [2.24, 2.45) is 0 Å². The lowest BCUT2D eigenvalue weighted by Crippen LogP contribution is -2.16. The van der Waals surface area contributed by atoms with Gasteiger partial charge >= 0.3 is 0 Å². The molecule has 6 nitrogen and oxygen atoms in total. The molecule has 2 aromatic carbocycles. The molecule has 0 fully saturated rings. The molecular formula is C21H21N5O. The predicted molar refractivity (Wildman–Crippen MR) is 107 cm³/mol. The average Bonchev–Trinajstić information content (AvgIpc) is 3.03. The van der Waals surface area contributed by atoms with Crippen LogP contribution < -0.4 is 10.5 Å². The first-order valence-corrected chi connectivity index (χ1v) is 8.77. The van der Waals surface area contributed by atoms with Gasteiger partial charge in [-0.1, -0.05) is 39.0 Å². The van der Waals surface area contributed by atoms with Crippen LogP contribution in [0.15, 0.2) is 54.6 Å². The molecule has 4 aromatic rings. The number of nitrogen functional groups attached to an aromatic ring is 1. The van der Waals surface area contributed by atoms with Gasteiger partial charge in [0, 0.05) is 11.0 Å². The molecule has 4 rings (SSSR count). The number of anilines is 1. The summed E-state index contributed by atoms with van der Waals surface area (Å²) in [7, 11) is 0. The molecule has 6 heteroatoms. The molecule has 136 valence electrons. The zero-order chi connectivity index (χ0) is 19.0. The van der Waals surface area contributed by atoms with Gasteiger partial charge in [-0.3, -0.25) is 5.10 Å². The van der Waals surface area contributed by atoms with Gasteiger partial charge in [0.1, 0.15) is 23.1 Å². The third-order valence-corrected chi connectivity index (χ3v) is 4.22. The minimum atomic E-state index is -0.201. The maximum absolute atomic E-state index is 6.08. The summed E-state index contributed by atoms with van der Waals surface area (Å²) < 4.78 is 5.87. The fourth-order valence-electron chi connectivity index (χ4n) is 2.80. The normalized spacial score (nSPS) is 11.7. The van der Waals surface area contributed by atoms with Gasteiger partial charge < -0.3 is 10.5 Å². The van der Waals surface area contributed by atoms with Crippen molar-refractivity contribution >= 4 is 16.9 Å². The summed E-state index contributed by atoms with van der Waals surface area (Å²) in [6.07, 6.45) is 0. The minimum absolute atomic E-state index is 0.201. The van der Waals surface area contributed by atoms with Crippen molar-refractivity contribution in [3.63, 3.8) is 0 Å². The first kappa shape index (κ1) is 17.0. The van der Waals surface area contributed by atoms with Crippen LogP contribution in [0.25, 0.3) is 22.3 Å². The molecule has 0 saturated heterocycles. The van der Waals surface area contributed by atoms with Crippen LogP contribution >= 0.6 is 0 Å². The predicted octanol–water partition coefficient (Wildman–Crippen LogP) is 4.69. The topological polar surface area (TPSA) is 89.7 Å². The lowest BCUT2D eigenvalue weighted by Gasteiger charge is -2.17. The highest BCUT2D eigenvalue weighted by molar-refractivity contribution is 5.98. The van der Waals surface area contributed by atoms with Crippen molar-refractivity contribution in [2.75, 3.05) is 5.73 Å². The van der Waals surface area contributed by atoms with E-state index in [0.717, 1.165) is 34.0 Å². The van der Waals surface area contributed by atoms with E-state index in [2.05, 4.69) is 36.0 Å². The van der Waals surface area contributed by atoms with Gasteiger partial charge in [0.05, 0.1) is 11.1 Å². The molecule has 0 amide bonds. The number of benzene rings is 2. The van der Waals surface area contributed by atoms with Crippen LogP contribution in [0.4, 0.5) is 5.82 Å². The van der Waals surface area contributed by atoms with Crippen LogP contribution in [0.2, 0.25) is 0 Å². The molecule has 0 unspecified atom stereocenters. The van der Waals surface area contributed by atoms with E-state index in [1.54, 1.807) is 0 Å². The molecule has 0 bridgehead atoms. The number of hydrogen-bond acceptors (Lipinski definition) is 5. The average molecular weight is 359 g/mol. The molecular weight excluding hydrogens is 338 g/mol. The number of nitrogens with one attached hydrogen (secondary N) is 1. The highest BCUT2D eigenvalue weighted by atomic mass is 16.5. The van der Waals surface area contributed by atoms with Gasteiger partial charge in [0.2, 0.25) is 0 Å². The van der Waals surface area contributed by atoms with E-state index in [0.29, 0.717) is 11.5 Å². The van der Waals surface area contributed by atoms with Crippen molar-refractivity contribution < 1.29 is 4.74 Å². The summed E-state index contributed by atoms with van der Waals surface area (Å²) in [5, 5.41) is 7.77. The molecule has 0 aliphatic heterocycles. The van der Waals surface area contributed by atoms with E-state index in [1.807, 2.05) is 54.6 Å². The van der Waals surface area contributed by atoms with Gasteiger partial charge in [-0.25, -0.2) is 9.97 Å². The number of nitrogens with zero attached hydrogens (tertiary/aromatic N) is 3. The summed E-state index contributed by atoms with van der Waals surface area (Å²) >= 11 is 0. The summed E-state index contributed by atoms with van der Waals surface area (Å²) in [6.45, 7) is 6.22. The number of H-pyrrole nitrogens is 1. The van der Waals surface area contributed by atoms with E-state index >= 15 is 0 Å². The number of ether oxygens (including phenoxy) is 1. The van der Waals surface area contributed by atoms with Gasteiger partial charge in [-0.05, 0) is 36.4 Å². The highest BCUT2D eigenvalue weighted by Crippen LogP contribution is 2.33. The number of aromatic nitrogens is 4. The third kappa shape index (κ3) is 3.33. The van der Waals surface area contributed by atoms with E-state index in [1.165, 1.54) is 0 Å². The smallest absolute Gasteiger partial charge is 0.187 e. The third-order valence-electron chi connectivity index (χ3n) is 4.22. The number of rotatable bonds is 3. The second-order valence-electron chi connectivity index (χ2n) is 7.42. The lowest BCUT2D eigenvalue weighted by atomic mass is 9.95. The number of hydrogen-bond donors (Lipinski definition) is 2. The number of aromatic amines is 1. The second kappa shape index (κ2) is 6.39.